The molecule has 97 valence electrons. The Balaban J connectivity index is 1.48. The summed E-state index contributed by atoms with van der Waals surface area (Å²) in [4.78, 5) is 0. The summed E-state index contributed by atoms with van der Waals surface area (Å²) in [5.41, 5.74) is 3.10. The van der Waals surface area contributed by atoms with Crippen molar-refractivity contribution in [2.45, 2.75) is 31.3 Å². The molecule has 1 saturated carbocycles. The predicted octanol–water partition coefficient (Wildman–Crippen LogP) is 4.13. The summed E-state index contributed by atoms with van der Waals surface area (Å²) in [6.07, 6.45) is 3.72. The van der Waals surface area contributed by atoms with Crippen molar-refractivity contribution in [3.05, 3.63) is 71.8 Å². The molecule has 2 aromatic carbocycles. The van der Waals surface area contributed by atoms with E-state index in [0.717, 1.165) is 19.6 Å². The maximum absolute atomic E-state index is 5.81. The van der Waals surface area contributed by atoms with Crippen molar-refractivity contribution in [1.29, 1.82) is 0 Å². The minimum absolute atomic E-state index is 0.395. The Hall–Kier alpha value is -1.60. The van der Waals surface area contributed by atoms with Crippen molar-refractivity contribution in [2.24, 2.45) is 0 Å². The second kappa shape index (κ2) is 5.58. The molecule has 0 heterocycles. The summed E-state index contributed by atoms with van der Waals surface area (Å²) in [5.74, 6) is 0. The van der Waals surface area contributed by atoms with Crippen molar-refractivity contribution in [3.63, 3.8) is 0 Å². The van der Waals surface area contributed by atoms with E-state index in [2.05, 4.69) is 42.5 Å². The summed E-state index contributed by atoms with van der Waals surface area (Å²) >= 11 is 0. The first-order chi connectivity index (χ1) is 9.39. The Labute approximate surface area is 115 Å². The average molecular weight is 251 g/mol. The topological polar surface area (TPSA) is 9.23 Å². The molecule has 1 fully saturated rings. The highest BCUT2D eigenvalue weighted by Gasteiger charge is 2.43. The number of hydrogen-bond donors (Lipinski definition) is 0. The molecule has 0 amide bonds. The van der Waals surface area contributed by atoms with Gasteiger partial charge in [0.15, 0.2) is 0 Å². The number of rotatable bonds is 6. The fourth-order valence-electron chi connectivity index (χ4n) is 2.61. The molecular weight excluding hydrogens is 232 g/mol. The largest absolute Gasteiger partial charge is 0.377 e. The molecule has 19 heavy (non-hydrogen) atoms. The lowest BCUT2D eigenvalue weighted by Gasteiger charge is -2.15. The van der Waals surface area contributed by atoms with Gasteiger partial charge >= 0.3 is 0 Å². The van der Waals surface area contributed by atoms with Crippen molar-refractivity contribution < 1.29 is 4.74 Å². The van der Waals surface area contributed by atoms with Crippen LogP contribution >= 0.6 is 0 Å². The standard InChI is InChI=1S/C18H19O/c1-3-7-16(8-4-1)15-19-14-13-18(11-12-18)17-9-5-2-6-10-17/h1,3-10H,11-15H2. The van der Waals surface area contributed by atoms with Crippen LogP contribution in [0.15, 0.2) is 54.6 Å². The van der Waals surface area contributed by atoms with Gasteiger partial charge in [-0.25, -0.2) is 0 Å². The van der Waals surface area contributed by atoms with Crippen LogP contribution in [-0.2, 0) is 16.8 Å². The van der Waals surface area contributed by atoms with Crippen LogP contribution in [0.3, 0.4) is 0 Å². The van der Waals surface area contributed by atoms with Crippen LogP contribution in [0, 0.1) is 6.07 Å². The number of benzene rings is 2. The zero-order chi connectivity index (χ0) is 13.0. The summed E-state index contributed by atoms with van der Waals surface area (Å²) in [5, 5.41) is 0. The van der Waals surface area contributed by atoms with E-state index in [4.69, 9.17) is 4.74 Å². The third kappa shape index (κ3) is 3.05. The average Bonchev–Trinajstić information content (AvgIpc) is 3.27. The van der Waals surface area contributed by atoms with Gasteiger partial charge in [-0.3, -0.25) is 0 Å². The summed E-state index contributed by atoms with van der Waals surface area (Å²) in [6, 6.07) is 21.9. The normalized spacial score (nSPS) is 16.2. The van der Waals surface area contributed by atoms with E-state index in [1.165, 1.54) is 24.0 Å². The molecule has 1 nitrogen and oxygen atoms in total. The third-order valence-electron chi connectivity index (χ3n) is 4.02. The Morgan fingerprint density at radius 3 is 2.42 bits per heavy atom. The van der Waals surface area contributed by atoms with E-state index in [9.17, 15) is 0 Å². The Kier molecular flexibility index (Phi) is 3.65. The molecule has 0 aromatic heterocycles. The SMILES string of the molecule is [c]1ccc(C2(CCOCc3ccccc3)CC2)cc1. The first-order valence-electron chi connectivity index (χ1n) is 6.97. The van der Waals surface area contributed by atoms with E-state index >= 15 is 0 Å². The smallest absolute Gasteiger partial charge is 0.0716 e. The Morgan fingerprint density at radius 1 is 1.00 bits per heavy atom. The van der Waals surface area contributed by atoms with Crippen LogP contribution in [-0.4, -0.2) is 6.61 Å². The minimum atomic E-state index is 0.395. The van der Waals surface area contributed by atoms with Gasteiger partial charge in [-0.2, -0.15) is 0 Å². The van der Waals surface area contributed by atoms with Crippen LogP contribution in [0.4, 0.5) is 0 Å². The molecule has 0 atom stereocenters. The molecule has 0 N–H and O–H groups in total. The van der Waals surface area contributed by atoms with Gasteiger partial charge in [0.05, 0.1) is 6.61 Å². The number of ether oxygens (including phenoxy) is 1. The fraction of sp³-hybridized carbons (Fsp3) is 0.333. The Bertz CT molecular complexity index is 500. The zero-order valence-electron chi connectivity index (χ0n) is 11.1. The van der Waals surface area contributed by atoms with Gasteiger partial charge in [0.1, 0.15) is 0 Å². The molecule has 1 radical (unpaired) electrons. The summed E-state index contributed by atoms with van der Waals surface area (Å²) < 4.78 is 5.81. The highest BCUT2D eigenvalue weighted by atomic mass is 16.5. The molecule has 1 aliphatic carbocycles. The number of hydrogen-bond acceptors (Lipinski definition) is 1. The van der Waals surface area contributed by atoms with Gasteiger partial charge in [-0.05, 0) is 41.9 Å². The third-order valence-corrected chi connectivity index (χ3v) is 4.02. The molecule has 0 aliphatic heterocycles. The second-order valence-electron chi connectivity index (χ2n) is 5.36. The lowest BCUT2D eigenvalue weighted by atomic mass is 9.93. The van der Waals surface area contributed by atoms with Crippen molar-refractivity contribution >= 4 is 0 Å². The molecule has 2 aromatic rings. The van der Waals surface area contributed by atoms with E-state index in [-0.39, 0.29) is 0 Å². The quantitative estimate of drug-likeness (QED) is 0.702. The highest BCUT2D eigenvalue weighted by Crippen LogP contribution is 2.50. The maximum Gasteiger partial charge on any atom is 0.0716 e. The van der Waals surface area contributed by atoms with Crippen LogP contribution in [0.1, 0.15) is 30.4 Å². The minimum Gasteiger partial charge on any atom is -0.377 e. The molecule has 1 heteroatoms. The van der Waals surface area contributed by atoms with Crippen molar-refractivity contribution in [3.8, 4) is 0 Å². The van der Waals surface area contributed by atoms with Crippen LogP contribution in [0.5, 0.6) is 0 Å². The molecule has 0 saturated heterocycles. The van der Waals surface area contributed by atoms with Gasteiger partial charge in [-0.1, -0.05) is 54.6 Å². The van der Waals surface area contributed by atoms with Crippen LogP contribution in [0.25, 0.3) is 0 Å². The van der Waals surface area contributed by atoms with Gasteiger partial charge in [-0.15, -0.1) is 0 Å². The van der Waals surface area contributed by atoms with Crippen molar-refractivity contribution in [1.82, 2.24) is 0 Å². The van der Waals surface area contributed by atoms with E-state index in [1.807, 2.05) is 18.2 Å². The molecular formula is C18H19O. The lowest BCUT2D eigenvalue weighted by molar-refractivity contribution is 0.112. The monoisotopic (exact) mass is 251 g/mol. The zero-order valence-corrected chi connectivity index (χ0v) is 11.1. The molecule has 1 aliphatic rings. The second-order valence-corrected chi connectivity index (χ2v) is 5.36. The van der Waals surface area contributed by atoms with Gasteiger partial charge in [0.25, 0.3) is 0 Å². The maximum atomic E-state index is 5.81. The van der Waals surface area contributed by atoms with Gasteiger partial charge in [0.2, 0.25) is 0 Å². The predicted molar refractivity (Wildman–Crippen MR) is 76.9 cm³/mol. The van der Waals surface area contributed by atoms with Crippen LogP contribution in [0.2, 0.25) is 0 Å². The first kappa shape index (κ1) is 12.4. The highest BCUT2D eigenvalue weighted by molar-refractivity contribution is 5.30. The van der Waals surface area contributed by atoms with E-state index in [0.29, 0.717) is 5.41 Å². The molecule has 0 spiro atoms. The molecule has 0 bridgehead atoms. The van der Waals surface area contributed by atoms with Crippen molar-refractivity contribution in [2.75, 3.05) is 6.61 Å². The first-order valence-corrected chi connectivity index (χ1v) is 6.97. The lowest BCUT2D eigenvalue weighted by Crippen LogP contribution is -2.10. The molecule has 0 unspecified atom stereocenters. The van der Waals surface area contributed by atoms with E-state index < -0.39 is 0 Å². The Morgan fingerprint density at radius 2 is 1.74 bits per heavy atom. The van der Waals surface area contributed by atoms with Crippen LogP contribution < -0.4 is 0 Å². The fourth-order valence-corrected chi connectivity index (χ4v) is 2.61. The van der Waals surface area contributed by atoms with E-state index in [1.54, 1.807) is 0 Å². The summed E-state index contributed by atoms with van der Waals surface area (Å²) in [6.45, 7) is 1.56. The van der Waals surface area contributed by atoms with Gasteiger partial charge in [0, 0.05) is 6.61 Å². The molecule has 3 rings (SSSR count). The van der Waals surface area contributed by atoms with Gasteiger partial charge < -0.3 is 4.74 Å². The summed E-state index contributed by atoms with van der Waals surface area (Å²) in [7, 11) is 0.